The number of unbranched alkanes of at least 4 members (excludes halogenated alkanes) is 2. The summed E-state index contributed by atoms with van der Waals surface area (Å²) in [5.74, 6) is 0.952. The molecule has 0 bridgehead atoms. The second kappa shape index (κ2) is 6.92. The summed E-state index contributed by atoms with van der Waals surface area (Å²) in [6, 6.07) is 4.51. The minimum absolute atomic E-state index is 0.209. The largest absolute Gasteiger partial charge is 0.492 e. The molecule has 0 aromatic heterocycles. The van der Waals surface area contributed by atoms with Crippen LogP contribution in [0.25, 0.3) is 0 Å². The molecule has 3 heteroatoms. The zero-order chi connectivity index (χ0) is 16.4. The molecule has 0 atom stereocenters. The highest BCUT2D eigenvalue weighted by Gasteiger charge is 2.37. The van der Waals surface area contributed by atoms with E-state index in [4.69, 9.17) is 9.84 Å². The fraction of sp³-hybridized carbons (Fsp3) is 0.684. The van der Waals surface area contributed by atoms with Gasteiger partial charge in [-0.05, 0) is 82.1 Å². The number of ether oxygens (including phenoxy) is 1. The molecule has 0 fully saturated rings. The molecule has 124 valence electrons. The Morgan fingerprint density at radius 2 is 1.59 bits per heavy atom. The van der Waals surface area contributed by atoms with E-state index in [-0.39, 0.29) is 17.4 Å². The Kier molecular flexibility index (Phi) is 5.60. The van der Waals surface area contributed by atoms with Crippen LogP contribution < -0.4 is 4.74 Å². The minimum Gasteiger partial charge on any atom is -0.492 e. The van der Waals surface area contributed by atoms with Gasteiger partial charge in [-0.2, -0.15) is 0 Å². The van der Waals surface area contributed by atoms with Gasteiger partial charge in [-0.1, -0.05) is 27.7 Å². The fourth-order valence-corrected chi connectivity index (χ4v) is 3.71. The van der Waals surface area contributed by atoms with Gasteiger partial charge in [-0.15, -0.1) is 0 Å². The maximum atomic E-state index is 8.82. The molecule has 0 saturated carbocycles. The summed E-state index contributed by atoms with van der Waals surface area (Å²) in [6.45, 7) is 10.3. The lowest BCUT2D eigenvalue weighted by molar-refractivity contribution is 0.264. The van der Waals surface area contributed by atoms with E-state index >= 15 is 0 Å². The van der Waals surface area contributed by atoms with E-state index in [1.807, 2.05) is 0 Å². The molecule has 1 aliphatic rings. The minimum atomic E-state index is 0.209. The summed E-state index contributed by atoms with van der Waals surface area (Å²) in [7, 11) is 0. The second-order valence-electron chi connectivity index (χ2n) is 7.73. The van der Waals surface area contributed by atoms with E-state index in [0.29, 0.717) is 6.61 Å². The van der Waals surface area contributed by atoms with Crippen molar-refractivity contribution in [3.8, 4) is 5.75 Å². The number of halogens is 1. The van der Waals surface area contributed by atoms with Crippen LogP contribution in [0.5, 0.6) is 5.75 Å². The number of hydrogen-bond acceptors (Lipinski definition) is 2. The molecule has 2 nitrogen and oxygen atoms in total. The lowest BCUT2D eigenvalue weighted by Crippen LogP contribution is -2.33. The van der Waals surface area contributed by atoms with Crippen LogP contribution in [0, 0.1) is 0 Å². The van der Waals surface area contributed by atoms with E-state index in [1.54, 1.807) is 0 Å². The summed E-state index contributed by atoms with van der Waals surface area (Å²) < 4.78 is 7.04. The maximum Gasteiger partial charge on any atom is 0.133 e. The Morgan fingerprint density at radius 1 is 1.00 bits per heavy atom. The summed E-state index contributed by atoms with van der Waals surface area (Å²) >= 11 is 3.68. The van der Waals surface area contributed by atoms with Crippen LogP contribution in [0.2, 0.25) is 0 Å². The Morgan fingerprint density at radius 3 is 2.18 bits per heavy atom. The van der Waals surface area contributed by atoms with Crippen LogP contribution in [0.3, 0.4) is 0 Å². The monoisotopic (exact) mass is 368 g/mol. The number of aliphatic hydroxyl groups excluding tert-OH is 1. The number of hydrogen-bond donors (Lipinski definition) is 1. The van der Waals surface area contributed by atoms with E-state index in [1.165, 1.54) is 24.0 Å². The van der Waals surface area contributed by atoms with Gasteiger partial charge < -0.3 is 9.84 Å². The van der Waals surface area contributed by atoms with Crippen molar-refractivity contribution in [3.05, 3.63) is 27.7 Å². The maximum absolute atomic E-state index is 8.82. The Bertz CT molecular complexity index is 520. The third-order valence-corrected chi connectivity index (χ3v) is 5.59. The van der Waals surface area contributed by atoms with Crippen molar-refractivity contribution in [1.29, 1.82) is 0 Å². The number of benzene rings is 1. The molecule has 0 spiro atoms. The third kappa shape index (κ3) is 3.86. The molecule has 1 aromatic rings. The predicted octanol–water partition coefficient (Wildman–Crippen LogP) is 5.34. The summed E-state index contributed by atoms with van der Waals surface area (Å²) in [6.07, 6.45) is 5.29. The normalized spacial score (nSPS) is 18.8. The van der Waals surface area contributed by atoms with Crippen LogP contribution >= 0.6 is 15.9 Å². The van der Waals surface area contributed by atoms with Gasteiger partial charge >= 0.3 is 0 Å². The molecule has 1 aromatic carbocycles. The van der Waals surface area contributed by atoms with Crippen LogP contribution in [-0.4, -0.2) is 18.3 Å². The Balaban J connectivity index is 2.20. The van der Waals surface area contributed by atoms with Gasteiger partial charge in [0, 0.05) is 6.61 Å². The lowest BCUT2D eigenvalue weighted by atomic mass is 9.63. The molecule has 0 saturated heterocycles. The summed E-state index contributed by atoms with van der Waals surface area (Å²) in [5, 5.41) is 8.82. The Hall–Kier alpha value is -0.540. The molecule has 2 rings (SSSR count). The first-order chi connectivity index (χ1) is 10.3. The molecule has 1 N–H and O–H groups in total. The van der Waals surface area contributed by atoms with E-state index in [2.05, 4.69) is 55.8 Å². The molecule has 0 aliphatic heterocycles. The van der Waals surface area contributed by atoms with Gasteiger partial charge in [-0.25, -0.2) is 0 Å². The zero-order valence-corrected chi connectivity index (χ0v) is 15.9. The quantitative estimate of drug-likeness (QED) is 0.686. The van der Waals surface area contributed by atoms with Crippen molar-refractivity contribution in [2.45, 2.75) is 70.6 Å². The van der Waals surface area contributed by atoms with Gasteiger partial charge in [0.2, 0.25) is 0 Å². The average molecular weight is 369 g/mol. The summed E-state index contributed by atoms with van der Waals surface area (Å²) in [4.78, 5) is 0. The van der Waals surface area contributed by atoms with E-state index < -0.39 is 0 Å². The van der Waals surface area contributed by atoms with Gasteiger partial charge in [0.25, 0.3) is 0 Å². The fourth-order valence-electron chi connectivity index (χ4n) is 3.25. The van der Waals surface area contributed by atoms with E-state index in [9.17, 15) is 0 Å². The van der Waals surface area contributed by atoms with Crippen molar-refractivity contribution in [2.75, 3.05) is 13.2 Å². The van der Waals surface area contributed by atoms with Gasteiger partial charge in [0.1, 0.15) is 5.75 Å². The van der Waals surface area contributed by atoms with Crippen LogP contribution in [0.4, 0.5) is 0 Å². The van der Waals surface area contributed by atoms with Crippen molar-refractivity contribution in [1.82, 2.24) is 0 Å². The number of aliphatic hydroxyl groups is 1. The van der Waals surface area contributed by atoms with Crippen molar-refractivity contribution >= 4 is 15.9 Å². The topological polar surface area (TPSA) is 29.5 Å². The molecule has 22 heavy (non-hydrogen) atoms. The number of fused-ring (bicyclic) bond motifs is 1. The molecule has 1 aliphatic carbocycles. The predicted molar refractivity (Wildman–Crippen MR) is 95.9 cm³/mol. The van der Waals surface area contributed by atoms with Crippen LogP contribution in [0.1, 0.15) is 70.9 Å². The first-order valence-corrected chi connectivity index (χ1v) is 9.15. The number of rotatable bonds is 6. The lowest BCUT2D eigenvalue weighted by Gasteiger charge is -2.42. The van der Waals surface area contributed by atoms with Gasteiger partial charge in [-0.3, -0.25) is 0 Å². The SMILES string of the molecule is CC1(C)CCC(C)(C)c2cc(OCCCCCO)c(Br)cc21. The highest BCUT2D eigenvalue weighted by atomic mass is 79.9. The first-order valence-electron chi connectivity index (χ1n) is 8.36. The third-order valence-electron chi connectivity index (χ3n) is 4.97. The van der Waals surface area contributed by atoms with Crippen molar-refractivity contribution < 1.29 is 9.84 Å². The molecular weight excluding hydrogens is 340 g/mol. The molecule has 0 amide bonds. The molecule has 0 radical (unpaired) electrons. The Labute approximate surface area is 143 Å². The zero-order valence-electron chi connectivity index (χ0n) is 14.3. The highest BCUT2D eigenvalue weighted by molar-refractivity contribution is 9.10. The summed E-state index contributed by atoms with van der Waals surface area (Å²) in [5.41, 5.74) is 3.31. The standard InChI is InChI=1S/C19H29BrO2/c1-18(2)8-9-19(3,4)15-13-17(16(20)12-14(15)18)22-11-7-5-6-10-21/h12-13,21H,5-11H2,1-4H3. The van der Waals surface area contributed by atoms with Gasteiger partial charge in [0.15, 0.2) is 0 Å². The molecule has 0 unspecified atom stereocenters. The average Bonchev–Trinajstić information content (AvgIpc) is 2.45. The second-order valence-corrected chi connectivity index (χ2v) is 8.58. The first kappa shape index (κ1) is 17.8. The molecule has 0 heterocycles. The van der Waals surface area contributed by atoms with E-state index in [0.717, 1.165) is 29.5 Å². The van der Waals surface area contributed by atoms with Crippen molar-refractivity contribution in [3.63, 3.8) is 0 Å². The molecular formula is C19H29BrO2. The smallest absolute Gasteiger partial charge is 0.133 e. The van der Waals surface area contributed by atoms with Crippen molar-refractivity contribution in [2.24, 2.45) is 0 Å². The van der Waals surface area contributed by atoms with Crippen LogP contribution in [-0.2, 0) is 10.8 Å². The van der Waals surface area contributed by atoms with Gasteiger partial charge in [0.05, 0.1) is 11.1 Å². The highest BCUT2D eigenvalue weighted by Crippen LogP contribution is 2.48. The van der Waals surface area contributed by atoms with Crippen LogP contribution in [0.15, 0.2) is 16.6 Å².